The third-order valence-electron chi connectivity index (χ3n) is 1.03. The molecule has 78 valence electrons. The molecule has 0 fully saturated rings. The minimum Gasteiger partial charge on any atom is -0.481 e. The normalized spacial score (nSPS) is 8.23. The van der Waals surface area contributed by atoms with Crippen LogP contribution in [0.1, 0.15) is 33.1 Å². The summed E-state index contributed by atoms with van der Waals surface area (Å²) in [5.74, 6) is -0.745. The lowest BCUT2D eigenvalue weighted by Crippen LogP contribution is -1.94. The molecule has 0 aliphatic carbocycles. The molecule has 0 unspecified atom stereocenters. The van der Waals surface area contributed by atoms with Gasteiger partial charge in [0.1, 0.15) is 0 Å². The molecule has 0 aromatic carbocycles. The molecule has 0 aliphatic rings. The highest BCUT2D eigenvalue weighted by molar-refractivity contribution is 8.10. The van der Waals surface area contributed by atoms with Gasteiger partial charge < -0.3 is 9.84 Å². The number of carbonyl (C=O) groups is 1. The first kappa shape index (κ1) is 15.2. The summed E-state index contributed by atoms with van der Waals surface area (Å²) in [5.41, 5.74) is 0. The van der Waals surface area contributed by atoms with Crippen molar-refractivity contribution in [2.45, 2.75) is 33.1 Å². The van der Waals surface area contributed by atoms with E-state index in [1.807, 2.05) is 0 Å². The van der Waals surface area contributed by atoms with Crippen LogP contribution in [0.3, 0.4) is 0 Å². The van der Waals surface area contributed by atoms with Crippen LogP contribution in [0.25, 0.3) is 0 Å². The fraction of sp³-hybridized carbons (Fsp3) is 0.750. The van der Waals surface area contributed by atoms with E-state index < -0.39 is 5.97 Å². The summed E-state index contributed by atoms with van der Waals surface area (Å²) in [7, 11) is 0. The molecule has 0 amide bonds. The van der Waals surface area contributed by atoms with E-state index in [2.05, 4.69) is 31.8 Å². The number of unbranched alkanes of at least 4 members (excludes halogenated alkanes) is 1. The molecule has 0 spiro atoms. The molecule has 0 radical (unpaired) electrons. The van der Waals surface area contributed by atoms with E-state index in [0.717, 1.165) is 12.8 Å². The van der Waals surface area contributed by atoms with Crippen molar-refractivity contribution in [2.75, 3.05) is 6.61 Å². The van der Waals surface area contributed by atoms with Crippen LogP contribution in [0.4, 0.5) is 0 Å². The number of thiocarbonyl (C=S) groups is 1. The first-order valence-electron chi connectivity index (χ1n) is 4.12. The monoisotopic (exact) mass is 224 g/mol. The van der Waals surface area contributed by atoms with E-state index in [9.17, 15) is 4.79 Å². The van der Waals surface area contributed by atoms with Crippen molar-refractivity contribution in [1.82, 2.24) is 0 Å². The fourth-order valence-corrected chi connectivity index (χ4v) is 0.478. The van der Waals surface area contributed by atoms with E-state index in [1.165, 1.54) is 0 Å². The molecule has 13 heavy (non-hydrogen) atoms. The average Bonchev–Trinajstić information content (AvgIpc) is 2.05. The van der Waals surface area contributed by atoms with Crippen LogP contribution in [-0.2, 0) is 9.53 Å². The van der Waals surface area contributed by atoms with Crippen LogP contribution in [0.5, 0.6) is 0 Å². The molecule has 0 aromatic rings. The van der Waals surface area contributed by atoms with Crippen LogP contribution in [0.15, 0.2) is 0 Å². The summed E-state index contributed by atoms with van der Waals surface area (Å²) in [6.45, 7) is 4.41. The highest BCUT2D eigenvalue weighted by Crippen LogP contribution is 1.91. The van der Waals surface area contributed by atoms with Crippen LogP contribution in [-0.4, -0.2) is 22.1 Å². The van der Waals surface area contributed by atoms with Gasteiger partial charge in [0.25, 0.3) is 0 Å². The number of ether oxygens (including phenoxy) is 1. The van der Waals surface area contributed by atoms with Crippen LogP contribution >= 0.6 is 24.8 Å². The number of carboxylic acids is 1. The van der Waals surface area contributed by atoms with Gasteiger partial charge in [-0.1, -0.05) is 32.9 Å². The quantitative estimate of drug-likeness (QED) is 0.437. The van der Waals surface area contributed by atoms with Crippen molar-refractivity contribution in [3.8, 4) is 0 Å². The fourth-order valence-electron chi connectivity index (χ4n) is 0.304. The lowest BCUT2D eigenvalue weighted by atomic mass is 10.4. The first-order valence-corrected chi connectivity index (χ1v) is 4.97. The second kappa shape index (κ2) is 11.7. The maximum Gasteiger partial charge on any atom is 0.303 e. The summed E-state index contributed by atoms with van der Waals surface area (Å²) in [4.78, 5) is 9.37. The zero-order chi connectivity index (χ0) is 10.7. The van der Waals surface area contributed by atoms with E-state index >= 15 is 0 Å². The van der Waals surface area contributed by atoms with Gasteiger partial charge in [0.2, 0.25) is 4.38 Å². The zero-order valence-electron chi connectivity index (χ0n) is 7.95. The lowest BCUT2D eigenvalue weighted by Gasteiger charge is -1.98. The van der Waals surface area contributed by atoms with E-state index in [4.69, 9.17) is 9.84 Å². The predicted molar refractivity (Wildman–Crippen MR) is 60.4 cm³/mol. The van der Waals surface area contributed by atoms with Crippen LogP contribution in [0.2, 0.25) is 0 Å². The number of aliphatic carboxylic acids is 1. The Bertz CT molecular complexity index is 148. The van der Waals surface area contributed by atoms with E-state index in [0.29, 0.717) is 11.0 Å². The molecule has 1 N–H and O–H groups in total. The largest absolute Gasteiger partial charge is 0.481 e. The van der Waals surface area contributed by atoms with Gasteiger partial charge in [-0.15, -0.1) is 0 Å². The summed E-state index contributed by atoms with van der Waals surface area (Å²) in [6, 6.07) is 0. The van der Waals surface area contributed by atoms with Crippen molar-refractivity contribution < 1.29 is 14.6 Å². The molecule has 5 heteroatoms. The van der Waals surface area contributed by atoms with Gasteiger partial charge in [0, 0.05) is 6.42 Å². The number of hydrogen-bond acceptors (Lipinski definition) is 3. The molecule has 0 saturated carbocycles. The molecule has 3 nitrogen and oxygen atoms in total. The Hall–Kier alpha value is -0.290. The molecule has 0 atom stereocenters. The third-order valence-corrected chi connectivity index (χ3v) is 1.27. The molecule has 0 bridgehead atoms. The van der Waals surface area contributed by atoms with Crippen molar-refractivity contribution in [3.63, 3.8) is 0 Å². The van der Waals surface area contributed by atoms with E-state index in [-0.39, 0.29) is 6.42 Å². The Morgan fingerprint density at radius 2 is 2.00 bits per heavy atom. The van der Waals surface area contributed by atoms with Crippen molar-refractivity contribution in [3.05, 3.63) is 0 Å². The number of carboxylic acid groups (broad SMARTS) is 1. The standard InChI is InChI=1S/C5H10OS2.C3H6O2/c1-2-3-4-6-5(7)8;1-2-3(4)5/h2-4H2,1H3,(H,7,8);2H2,1H3,(H,4,5). The summed E-state index contributed by atoms with van der Waals surface area (Å²) < 4.78 is 5.22. The summed E-state index contributed by atoms with van der Waals surface area (Å²) in [5, 5.41) is 7.72. The maximum absolute atomic E-state index is 9.37. The van der Waals surface area contributed by atoms with Gasteiger partial charge in [-0.3, -0.25) is 4.79 Å². The molecule has 0 heterocycles. The maximum atomic E-state index is 9.37. The molecular weight excluding hydrogens is 208 g/mol. The van der Waals surface area contributed by atoms with Gasteiger partial charge in [0.15, 0.2) is 0 Å². The Labute approximate surface area is 89.9 Å². The van der Waals surface area contributed by atoms with Crippen molar-refractivity contribution in [1.29, 1.82) is 0 Å². The van der Waals surface area contributed by atoms with Crippen LogP contribution in [0, 0.1) is 0 Å². The van der Waals surface area contributed by atoms with Crippen LogP contribution < -0.4 is 0 Å². The Balaban J connectivity index is 0. The van der Waals surface area contributed by atoms with Crippen molar-refractivity contribution >= 4 is 35.2 Å². The molecule has 0 saturated heterocycles. The second-order valence-corrected chi connectivity index (χ2v) is 3.29. The minimum atomic E-state index is -0.745. The SMILES string of the molecule is CCC(=O)O.CCCCOC(=S)S. The van der Waals surface area contributed by atoms with E-state index in [1.54, 1.807) is 6.92 Å². The topological polar surface area (TPSA) is 46.5 Å². The number of rotatable bonds is 4. The van der Waals surface area contributed by atoms with Gasteiger partial charge in [-0.2, -0.15) is 0 Å². The second-order valence-electron chi connectivity index (χ2n) is 2.22. The highest BCUT2D eigenvalue weighted by atomic mass is 32.1. The molecule has 0 aromatic heterocycles. The smallest absolute Gasteiger partial charge is 0.303 e. The predicted octanol–water partition coefficient (Wildman–Crippen LogP) is 2.50. The Morgan fingerprint density at radius 3 is 2.23 bits per heavy atom. The molecular formula is C8H16O3S2. The first-order chi connectivity index (χ1) is 6.04. The highest BCUT2D eigenvalue weighted by Gasteiger charge is 1.85. The lowest BCUT2D eigenvalue weighted by molar-refractivity contribution is -0.136. The zero-order valence-corrected chi connectivity index (χ0v) is 9.66. The average molecular weight is 224 g/mol. The van der Waals surface area contributed by atoms with Gasteiger partial charge in [-0.05, 0) is 18.6 Å². The van der Waals surface area contributed by atoms with Gasteiger partial charge in [0.05, 0.1) is 6.61 Å². The molecule has 0 aliphatic heterocycles. The Kier molecular flexibility index (Phi) is 13.7. The van der Waals surface area contributed by atoms with Gasteiger partial charge in [-0.25, -0.2) is 0 Å². The Morgan fingerprint density at radius 1 is 1.54 bits per heavy atom. The number of hydrogen-bond donors (Lipinski definition) is 2. The number of thiol groups is 1. The third kappa shape index (κ3) is 24.5. The summed E-state index contributed by atoms with van der Waals surface area (Å²) in [6.07, 6.45) is 2.41. The van der Waals surface area contributed by atoms with Gasteiger partial charge >= 0.3 is 5.97 Å². The molecule has 0 rings (SSSR count). The van der Waals surface area contributed by atoms with Crippen molar-refractivity contribution in [2.24, 2.45) is 0 Å². The minimum absolute atomic E-state index is 0.222. The summed E-state index contributed by atoms with van der Waals surface area (Å²) >= 11 is 8.33.